The summed E-state index contributed by atoms with van der Waals surface area (Å²) < 4.78 is 5.48. The number of hydrogen-bond donors (Lipinski definition) is 2. The van der Waals surface area contributed by atoms with Gasteiger partial charge in [-0.3, -0.25) is 4.79 Å². The molecule has 2 aromatic carbocycles. The molecule has 7 heteroatoms. The minimum absolute atomic E-state index is 0.0489. The number of nitriles is 1. The summed E-state index contributed by atoms with van der Waals surface area (Å²) in [5, 5.41) is 12.7. The van der Waals surface area contributed by atoms with Crippen LogP contribution in [0.5, 0.6) is 0 Å². The number of nitrogens with one attached hydrogen (secondary N) is 1. The molecule has 3 aliphatic rings. The molecule has 3 N–H and O–H groups in total. The van der Waals surface area contributed by atoms with E-state index in [-0.39, 0.29) is 5.91 Å². The molecule has 7 nitrogen and oxygen atoms in total. The van der Waals surface area contributed by atoms with E-state index in [1.165, 1.54) is 0 Å². The molecule has 3 aromatic rings. The molecule has 0 spiro atoms. The number of nitrogens with zero attached hydrogens (tertiary/aromatic N) is 3. The van der Waals surface area contributed by atoms with E-state index in [0.717, 1.165) is 28.7 Å². The fourth-order valence-corrected chi connectivity index (χ4v) is 5.26. The van der Waals surface area contributed by atoms with Gasteiger partial charge in [0.1, 0.15) is 11.5 Å². The van der Waals surface area contributed by atoms with E-state index in [0.29, 0.717) is 54.4 Å². The Bertz CT molecular complexity index is 1280. The third kappa shape index (κ3) is 2.66. The smallest absolute Gasteiger partial charge is 0.251 e. The average Bonchev–Trinajstić information content (AvgIpc) is 3.16. The quantitative estimate of drug-likeness (QED) is 0.670. The van der Waals surface area contributed by atoms with Crippen LogP contribution in [0.15, 0.2) is 48.7 Å². The molecule has 1 saturated carbocycles. The lowest BCUT2D eigenvalue weighted by molar-refractivity contribution is 0.0946. The maximum absolute atomic E-state index is 12.0. The Balaban J connectivity index is 1.33. The maximum atomic E-state index is 12.0. The predicted octanol–water partition coefficient (Wildman–Crippen LogP) is 2.72. The van der Waals surface area contributed by atoms with E-state index in [2.05, 4.69) is 16.4 Å². The van der Waals surface area contributed by atoms with E-state index in [1.807, 2.05) is 42.5 Å². The van der Waals surface area contributed by atoms with Gasteiger partial charge < -0.3 is 15.8 Å². The normalized spacial score (nSPS) is 25.4. The van der Waals surface area contributed by atoms with Crippen LogP contribution in [0.25, 0.3) is 22.5 Å². The van der Waals surface area contributed by atoms with Crippen LogP contribution in [0.1, 0.15) is 21.5 Å². The first-order valence-electron chi connectivity index (χ1n) is 10.8. The molecular weight excluding hydrogens is 402 g/mol. The monoisotopic (exact) mass is 423 g/mol. The van der Waals surface area contributed by atoms with Gasteiger partial charge in [0.25, 0.3) is 5.91 Å². The standard InChI is InChI=1S/C25H21N5O2/c26-13-25(19-11-32-12-20(19)25)17-4-1-14(2-5-17)21-10-29-23(27)22(30-21)16-3-6-18-15(9-16)7-8-28-24(18)31/h1-6,9-10,19-20H,7-8,11-12H2,(H2,27,29)(H,28,31)/t19-,20+,25?. The first-order chi connectivity index (χ1) is 15.6. The van der Waals surface area contributed by atoms with Crippen molar-refractivity contribution in [1.82, 2.24) is 15.3 Å². The van der Waals surface area contributed by atoms with Crippen LogP contribution in [0.3, 0.4) is 0 Å². The molecule has 1 aliphatic carbocycles. The summed E-state index contributed by atoms with van der Waals surface area (Å²) in [7, 11) is 0. The number of rotatable bonds is 3. The molecule has 6 rings (SSSR count). The number of anilines is 1. The zero-order valence-corrected chi connectivity index (χ0v) is 17.3. The number of carbonyl (C=O) groups excluding carboxylic acids is 1. The summed E-state index contributed by atoms with van der Waals surface area (Å²) in [4.78, 5) is 21.2. The number of nitrogens with two attached hydrogens (primary N) is 1. The van der Waals surface area contributed by atoms with Gasteiger partial charge in [0.05, 0.1) is 36.6 Å². The van der Waals surface area contributed by atoms with E-state index in [4.69, 9.17) is 15.5 Å². The number of aromatic nitrogens is 2. The van der Waals surface area contributed by atoms with Crippen LogP contribution in [-0.2, 0) is 16.6 Å². The Morgan fingerprint density at radius 3 is 2.62 bits per heavy atom. The van der Waals surface area contributed by atoms with Crippen LogP contribution in [0, 0.1) is 23.2 Å². The van der Waals surface area contributed by atoms with Crippen molar-refractivity contribution in [3.05, 3.63) is 65.4 Å². The highest BCUT2D eigenvalue weighted by Crippen LogP contribution is 2.62. The van der Waals surface area contributed by atoms with Crippen molar-refractivity contribution < 1.29 is 9.53 Å². The van der Waals surface area contributed by atoms with Crippen molar-refractivity contribution in [2.75, 3.05) is 25.5 Å². The minimum Gasteiger partial charge on any atom is -0.382 e. The lowest BCUT2D eigenvalue weighted by Gasteiger charge is -2.17. The van der Waals surface area contributed by atoms with Crippen molar-refractivity contribution in [3.8, 4) is 28.6 Å². The molecule has 158 valence electrons. The summed E-state index contributed by atoms with van der Waals surface area (Å²) in [6.07, 6.45) is 2.44. The van der Waals surface area contributed by atoms with Crippen molar-refractivity contribution in [2.24, 2.45) is 11.8 Å². The topological polar surface area (TPSA) is 114 Å². The molecule has 0 bridgehead atoms. The van der Waals surface area contributed by atoms with Crippen LogP contribution in [0.4, 0.5) is 5.82 Å². The molecule has 1 unspecified atom stereocenters. The van der Waals surface area contributed by atoms with Crippen LogP contribution in [0.2, 0.25) is 0 Å². The molecular formula is C25H21N5O2. The molecule has 1 amide bonds. The zero-order chi connectivity index (χ0) is 21.9. The minimum atomic E-state index is -0.413. The molecule has 0 radical (unpaired) electrons. The molecule has 2 aliphatic heterocycles. The summed E-state index contributed by atoms with van der Waals surface area (Å²) in [6.45, 7) is 1.95. The second-order valence-electron chi connectivity index (χ2n) is 8.68. The van der Waals surface area contributed by atoms with Gasteiger partial charge in [0, 0.05) is 35.1 Å². The second-order valence-corrected chi connectivity index (χ2v) is 8.68. The first-order valence-corrected chi connectivity index (χ1v) is 10.8. The molecule has 1 saturated heterocycles. The Hall–Kier alpha value is -3.76. The van der Waals surface area contributed by atoms with E-state index in [1.54, 1.807) is 6.20 Å². The molecule has 2 fully saturated rings. The molecule has 3 atom stereocenters. The number of fused-ring (bicyclic) bond motifs is 2. The molecule has 3 heterocycles. The first kappa shape index (κ1) is 19.0. The highest BCUT2D eigenvalue weighted by Gasteiger charge is 2.69. The van der Waals surface area contributed by atoms with Gasteiger partial charge >= 0.3 is 0 Å². The van der Waals surface area contributed by atoms with Crippen LogP contribution >= 0.6 is 0 Å². The van der Waals surface area contributed by atoms with Crippen molar-refractivity contribution in [3.63, 3.8) is 0 Å². The number of amides is 1. The summed E-state index contributed by atoms with van der Waals surface area (Å²) >= 11 is 0. The van der Waals surface area contributed by atoms with Crippen LogP contribution < -0.4 is 11.1 Å². The lowest BCUT2D eigenvalue weighted by Crippen LogP contribution is -2.31. The Morgan fingerprint density at radius 1 is 1.12 bits per heavy atom. The van der Waals surface area contributed by atoms with Gasteiger partial charge in [-0.05, 0) is 29.7 Å². The van der Waals surface area contributed by atoms with Crippen molar-refractivity contribution >= 4 is 11.7 Å². The second kappa shape index (κ2) is 6.87. The number of ether oxygens (including phenoxy) is 1. The maximum Gasteiger partial charge on any atom is 0.251 e. The Morgan fingerprint density at radius 2 is 1.88 bits per heavy atom. The number of carbonyl (C=O) groups is 1. The third-order valence-corrected chi connectivity index (χ3v) is 7.09. The molecule has 32 heavy (non-hydrogen) atoms. The fraction of sp³-hybridized carbons (Fsp3) is 0.280. The summed E-state index contributed by atoms with van der Waals surface area (Å²) in [5.74, 6) is 0.895. The SMILES string of the molecule is N#CC1(c2ccc(-c3cnc(N)c(-c4ccc5c(c4)CCNC5=O)n3)cc2)[C@@H]2COC[C@@H]21. The predicted molar refractivity (Wildman–Crippen MR) is 118 cm³/mol. The zero-order valence-electron chi connectivity index (χ0n) is 17.3. The van der Waals surface area contributed by atoms with Gasteiger partial charge in [-0.15, -0.1) is 0 Å². The number of nitrogen functional groups attached to an aromatic ring is 1. The lowest BCUT2D eigenvalue weighted by atomic mass is 9.91. The van der Waals surface area contributed by atoms with Gasteiger partial charge in [0.2, 0.25) is 0 Å². The van der Waals surface area contributed by atoms with Crippen LogP contribution in [-0.4, -0.2) is 35.6 Å². The van der Waals surface area contributed by atoms with Gasteiger partial charge in [-0.2, -0.15) is 5.26 Å². The molecule has 1 aromatic heterocycles. The largest absolute Gasteiger partial charge is 0.382 e. The van der Waals surface area contributed by atoms with Gasteiger partial charge in [-0.1, -0.05) is 30.3 Å². The van der Waals surface area contributed by atoms with Gasteiger partial charge in [0.15, 0.2) is 0 Å². The Kier molecular flexibility index (Phi) is 4.07. The van der Waals surface area contributed by atoms with Crippen molar-refractivity contribution in [2.45, 2.75) is 11.8 Å². The van der Waals surface area contributed by atoms with E-state index < -0.39 is 5.41 Å². The van der Waals surface area contributed by atoms with E-state index in [9.17, 15) is 10.1 Å². The highest BCUT2D eigenvalue weighted by atomic mass is 16.5. The van der Waals surface area contributed by atoms with E-state index >= 15 is 0 Å². The third-order valence-electron chi connectivity index (χ3n) is 7.09. The number of benzene rings is 2. The average molecular weight is 423 g/mol. The summed E-state index contributed by atoms with van der Waals surface area (Å²) in [5.41, 5.74) is 11.5. The highest BCUT2D eigenvalue weighted by molar-refractivity contribution is 5.97. The Labute approximate surface area is 185 Å². The fourth-order valence-electron chi connectivity index (χ4n) is 5.26. The summed E-state index contributed by atoms with van der Waals surface area (Å²) in [6, 6.07) is 16.2. The number of hydrogen-bond acceptors (Lipinski definition) is 6. The van der Waals surface area contributed by atoms with Gasteiger partial charge in [-0.25, -0.2) is 9.97 Å². The van der Waals surface area contributed by atoms with Crippen molar-refractivity contribution in [1.29, 1.82) is 5.26 Å².